The Morgan fingerprint density at radius 2 is 1.63 bits per heavy atom. The van der Waals surface area contributed by atoms with Crippen LogP contribution in [0.4, 0.5) is 23.1 Å². The largest absolute Gasteiger partial charge is 0.367 e. The van der Waals surface area contributed by atoms with Gasteiger partial charge in [0, 0.05) is 23.4 Å². The van der Waals surface area contributed by atoms with Gasteiger partial charge in [-0.1, -0.05) is 36.4 Å². The third kappa shape index (κ3) is 4.73. The highest BCUT2D eigenvalue weighted by Crippen LogP contribution is 2.32. The lowest BCUT2D eigenvalue weighted by Gasteiger charge is -2.12. The van der Waals surface area contributed by atoms with Crippen LogP contribution in [0, 0.1) is 0 Å². The SMILES string of the molecule is CS(=O)(=O)c1n[nH]c2nc(Nc3ccc(S(=O)(=O)Nc4cccc5ccccc45)cc3)nc(NC3CC3)c12. The summed E-state index contributed by atoms with van der Waals surface area (Å²) in [7, 11) is -7.43. The van der Waals surface area contributed by atoms with E-state index in [1.807, 2.05) is 30.3 Å². The van der Waals surface area contributed by atoms with Gasteiger partial charge in [-0.2, -0.15) is 15.1 Å². The van der Waals surface area contributed by atoms with Crippen LogP contribution >= 0.6 is 0 Å². The van der Waals surface area contributed by atoms with Crippen LogP contribution in [0.3, 0.4) is 0 Å². The Balaban J connectivity index is 1.27. The number of rotatable bonds is 8. The summed E-state index contributed by atoms with van der Waals surface area (Å²) < 4.78 is 53.2. The summed E-state index contributed by atoms with van der Waals surface area (Å²) in [4.78, 5) is 8.96. The van der Waals surface area contributed by atoms with E-state index in [4.69, 9.17) is 0 Å². The molecule has 0 radical (unpaired) electrons. The van der Waals surface area contributed by atoms with E-state index in [0.717, 1.165) is 29.9 Å². The average Bonchev–Trinajstić information content (AvgIpc) is 3.58. The predicted octanol–water partition coefficient (Wildman–Crippen LogP) is 4.03. The fourth-order valence-electron chi connectivity index (χ4n) is 4.12. The number of sulfonamides is 1. The first-order valence-electron chi connectivity index (χ1n) is 11.8. The molecule has 0 spiro atoms. The number of nitrogens with zero attached hydrogens (tertiary/aromatic N) is 3. The highest BCUT2D eigenvalue weighted by molar-refractivity contribution is 7.92. The molecule has 0 saturated heterocycles. The number of sulfone groups is 1. The standard InChI is InChI=1S/C25H23N7O4S2/c1-37(33,34)24-21-22(26-16-9-10-16)28-25(29-23(21)30-31-24)27-17-11-13-18(14-12-17)38(35,36)32-20-8-4-6-15-5-2-3-7-19(15)20/h2-8,11-14,16,32H,9-10H2,1H3,(H3,26,27,28,29,30,31). The fraction of sp³-hybridized carbons (Fsp3) is 0.160. The van der Waals surface area contributed by atoms with Crippen molar-refractivity contribution in [2.24, 2.45) is 0 Å². The van der Waals surface area contributed by atoms with Crippen LogP contribution in [-0.2, 0) is 19.9 Å². The van der Waals surface area contributed by atoms with Crippen LogP contribution in [0.1, 0.15) is 12.8 Å². The van der Waals surface area contributed by atoms with Crippen LogP contribution < -0.4 is 15.4 Å². The summed E-state index contributed by atoms with van der Waals surface area (Å²) in [6.07, 6.45) is 3.01. The summed E-state index contributed by atoms with van der Waals surface area (Å²) in [5.41, 5.74) is 1.31. The average molecular weight is 550 g/mol. The van der Waals surface area contributed by atoms with Crippen LogP contribution in [0.15, 0.2) is 76.7 Å². The van der Waals surface area contributed by atoms with Crippen molar-refractivity contribution in [2.45, 2.75) is 28.8 Å². The van der Waals surface area contributed by atoms with Crippen molar-refractivity contribution in [1.29, 1.82) is 0 Å². The van der Waals surface area contributed by atoms with E-state index >= 15 is 0 Å². The van der Waals surface area contributed by atoms with E-state index < -0.39 is 19.9 Å². The molecule has 6 rings (SSSR count). The highest BCUT2D eigenvalue weighted by atomic mass is 32.2. The molecule has 1 aliphatic carbocycles. The van der Waals surface area contributed by atoms with E-state index in [1.54, 1.807) is 24.3 Å². The highest BCUT2D eigenvalue weighted by Gasteiger charge is 2.27. The van der Waals surface area contributed by atoms with Crippen molar-refractivity contribution in [3.8, 4) is 0 Å². The molecule has 2 heterocycles. The molecule has 0 unspecified atom stereocenters. The van der Waals surface area contributed by atoms with Crippen molar-refractivity contribution in [2.75, 3.05) is 21.6 Å². The molecule has 1 saturated carbocycles. The first-order valence-corrected chi connectivity index (χ1v) is 15.2. The number of benzene rings is 3. The molecule has 0 aliphatic heterocycles. The molecule has 5 aromatic rings. The van der Waals surface area contributed by atoms with Crippen molar-refractivity contribution in [3.63, 3.8) is 0 Å². The lowest BCUT2D eigenvalue weighted by molar-refractivity contribution is 0.598. The first-order chi connectivity index (χ1) is 18.2. The molecule has 1 aliphatic rings. The molecule has 1 fully saturated rings. The predicted molar refractivity (Wildman–Crippen MR) is 146 cm³/mol. The van der Waals surface area contributed by atoms with E-state index in [0.29, 0.717) is 22.6 Å². The summed E-state index contributed by atoms with van der Waals surface area (Å²) in [6.45, 7) is 0. The minimum absolute atomic E-state index is 0.0924. The molecule has 0 amide bonds. The number of fused-ring (bicyclic) bond motifs is 2. The Morgan fingerprint density at radius 1 is 0.895 bits per heavy atom. The summed E-state index contributed by atoms with van der Waals surface area (Å²) in [5.74, 6) is 0.571. The van der Waals surface area contributed by atoms with E-state index in [-0.39, 0.29) is 27.6 Å². The van der Waals surface area contributed by atoms with Crippen LogP contribution in [-0.4, -0.2) is 49.3 Å². The normalized spacial score (nSPS) is 14.0. The molecule has 38 heavy (non-hydrogen) atoms. The van der Waals surface area contributed by atoms with Crippen LogP contribution in [0.25, 0.3) is 21.8 Å². The lowest BCUT2D eigenvalue weighted by atomic mass is 10.1. The van der Waals surface area contributed by atoms with E-state index in [1.165, 1.54) is 12.1 Å². The van der Waals surface area contributed by atoms with Crippen molar-refractivity contribution in [1.82, 2.24) is 20.2 Å². The topological polar surface area (TPSA) is 159 Å². The Morgan fingerprint density at radius 3 is 2.37 bits per heavy atom. The minimum atomic E-state index is -3.84. The Hall–Kier alpha value is -4.23. The number of aromatic nitrogens is 4. The number of hydrogen-bond acceptors (Lipinski definition) is 9. The Kier molecular flexibility index (Phi) is 5.69. The monoisotopic (exact) mass is 549 g/mol. The fourth-order valence-corrected chi connectivity index (χ4v) is 5.97. The van der Waals surface area contributed by atoms with Gasteiger partial charge in [-0.25, -0.2) is 16.8 Å². The molecule has 13 heteroatoms. The van der Waals surface area contributed by atoms with Gasteiger partial charge in [0.15, 0.2) is 20.5 Å². The van der Waals surface area contributed by atoms with Gasteiger partial charge in [0.25, 0.3) is 10.0 Å². The smallest absolute Gasteiger partial charge is 0.261 e. The second-order valence-electron chi connectivity index (χ2n) is 9.12. The molecule has 2 aromatic heterocycles. The zero-order chi connectivity index (χ0) is 26.5. The summed E-state index contributed by atoms with van der Waals surface area (Å²) in [6, 6.07) is 19.4. The van der Waals surface area contributed by atoms with Gasteiger partial charge in [-0.3, -0.25) is 9.82 Å². The molecular weight excluding hydrogens is 526 g/mol. The third-order valence-corrected chi connectivity index (χ3v) is 8.49. The Labute approximate surface area is 218 Å². The number of anilines is 4. The number of aromatic amines is 1. The van der Waals surface area contributed by atoms with Gasteiger partial charge in [0.2, 0.25) is 5.95 Å². The molecular formula is C25H23N7O4S2. The van der Waals surface area contributed by atoms with Gasteiger partial charge >= 0.3 is 0 Å². The van der Waals surface area contributed by atoms with E-state index in [2.05, 4.69) is 35.5 Å². The maximum atomic E-state index is 13.1. The molecule has 0 atom stereocenters. The van der Waals surface area contributed by atoms with Crippen molar-refractivity contribution < 1.29 is 16.8 Å². The van der Waals surface area contributed by atoms with Crippen molar-refractivity contribution in [3.05, 3.63) is 66.7 Å². The number of H-pyrrole nitrogens is 1. The van der Waals surface area contributed by atoms with Crippen molar-refractivity contribution >= 4 is 64.8 Å². The Bertz CT molecular complexity index is 1890. The zero-order valence-electron chi connectivity index (χ0n) is 20.1. The minimum Gasteiger partial charge on any atom is -0.367 e. The molecule has 11 nitrogen and oxygen atoms in total. The molecule has 3 aromatic carbocycles. The van der Waals surface area contributed by atoms with Gasteiger partial charge in [0.1, 0.15) is 11.2 Å². The van der Waals surface area contributed by atoms with Gasteiger partial charge in [-0.05, 0) is 48.6 Å². The van der Waals surface area contributed by atoms with Gasteiger partial charge in [-0.15, -0.1) is 0 Å². The first kappa shape index (κ1) is 24.1. The maximum Gasteiger partial charge on any atom is 0.261 e. The van der Waals surface area contributed by atoms with Gasteiger partial charge in [0.05, 0.1) is 10.6 Å². The van der Waals surface area contributed by atoms with Crippen LogP contribution in [0.5, 0.6) is 0 Å². The second kappa shape index (κ2) is 8.96. The molecule has 0 bridgehead atoms. The quantitative estimate of drug-likeness (QED) is 0.224. The van der Waals surface area contributed by atoms with Crippen LogP contribution in [0.2, 0.25) is 0 Å². The second-order valence-corrected chi connectivity index (χ2v) is 12.7. The third-order valence-electron chi connectivity index (χ3n) is 6.11. The van der Waals surface area contributed by atoms with Gasteiger partial charge < -0.3 is 10.6 Å². The molecule has 194 valence electrons. The summed E-state index contributed by atoms with van der Waals surface area (Å²) >= 11 is 0. The lowest BCUT2D eigenvalue weighted by Crippen LogP contribution is -2.13. The number of nitrogens with one attached hydrogen (secondary N) is 4. The summed E-state index contributed by atoms with van der Waals surface area (Å²) in [5, 5.41) is 14.8. The maximum absolute atomic E-state index is 13.1. The zero-order valence-corrected chi connectivity index (χ0v) is 21.8. The van der Waals surface area contributed by atoms with E-state index in [9.17, 15) is 16.8 Å². The molecule has 4 N–H and O–H groups in total. The number of hydrogen-bond donors (Lipinski definition) is 4.